The van der Waals surface area contributed by atoms with Gasteiger partial charge in [-0.25, -0.2) is 4.67 Å². The molecule has 0 radical (unpaired) electrons. The van der Waals surface area contributed by atoms with Gasteiger partial charge in [0.25, 0.3) is 7.52 Å². The number of rotatable bonds is 0. The van der Waals surface area contributed by atoms with E-state index < -0.39 is 7.52 Å². The Bertz CT molecular complexity index is 275. The zero-order valence-electron chi connectivity index (χ0n) is 10.8. The highest BCUT2D eigenvalue weighted by Gasteiger charge is 2.49. The third kappa shape index (κ3) is 2.46. The first kappa shape index (κ1) is 13.2. The number of hydrogen-bond donors (Lipinski definition) is 0. The van der Waals surface area contributed by atoms with Gasteiger partial charge in [-0.15, -0.1) is 0 Å². The van der Waals surface area contributed by atoms with Gasteiger partial charge in [0.15, 0.2) is 0 Å². The molecule has 1 heterocycles. The Morgan fingerprint density at radius 3 is 2.00 bits per heavy atom. The highest BCUT2D eigenvalue weighted by atomic mass is 31.2. The van der Waals surface area contributed by atoms with Crippen molar-refractivity contribution in [1.29, 1.82) is 0 Å². The molecule has 0 aromatic carbocycles. The van der Waals surface area contributed by atoms with Crippen molar-refractivity contribution in [3.63, 3.8) is 0 Å². The minimum Gasteiger partial charge on any atom is -0.317 e. The van der Waals surface area contributed by atoms with Gasteiger partial charge in [-0.3, -0.25) is 4.57 Å². The molecule has 15 heavy (non-hydrogen) atoms. The predicted octanol–water partition coefficient (Wildman–Crippen LogP) is 3.50. The van der Waals surface area contributed by atoms with Gasteiger partial charge in [0.1, 0.15) is 0 Å². The van der Waals surface area contributed by atoms with Gasteiger partial charge in [0.2, 0.25) is 0 Å². The van der Waals surface area contributed by atoms with Crippen LogP contribution >= 0.6 is 7.52 Å². The summed E-state index contributed by atoms with van der Waals surface area (Å²) < 4.78 is 20.6. The normalized spacial score (nSPS) is 30.5. The summed E-state index contributed by atoms with van der Waals surface area (Å²) in [5.41, 5.74) is -0.0940. The van der Waals surface area contributed by atoms with Gasteiger partial charge in [-0.1, -0.05) is 0 Å². The lowest BCUT2D eigenvalue weighted by Gasteiger charge is -2.48. The van der Waals surface area contributed by atoms with Crippen LogP contribution in [0.2, 0.25) is 0 Å². The number of hydrogen-bond acceptors (Lipinski definition) is 2. The summed E-state index contributed by atoms with van der Waals surface area (Å²) in [5, 5.41) is -0.305. The van der Waals surface area contributed by atoms with Crippen LogP contribution in [0.1, 0.15) is 48.0 Å². The molecule has 0 bridgehead atoms. The lowest BCUT2D eigenvalue weighted by atomic mass is 10.1. The maximum atomic E-state index is 12.9. The lowest BCUT2D eigenvalue weighted by Crippen LogP contribution is -2.46. The van der Waals surface area contributed by atoms with Crippen molar-refractivity contribution in [1.82, 2.24) is 4.67 Å². The molecule has 0 spiro atoms. The maximum Gasteiger partial charge on any atom is 0.278 e. The fourth-order valence-electron chi connectivity index (χ4n) is 1.89. The lowest BCUT2D eigenvalue weighted by molar-refractivity contribution is 0.135. The van der Waals surface area contributed by atoms with E-state index in [1.165, 1.54) is 0 Å². The first-order valence-corrected chi connectivity index (χ1v) is 7.19. The molecule has 0 aliphatic carbocycles. The first-order valence-electron chi connectivity index (χ1n) is 5.62. The smallest absolute Gasteiger partial charge is 0.278 e. The first-order chi connectivity index (χ1) is 6.59. The van der Waals surface area contributed by atoms with Gasteiger partial charge in [0, 0.05) is 12.1 Å². The SMILES string of the molecule is CC(C)(C)N1CCCOP1(=O)C(C)(C)C. The third-order valence-corrected chi connectivity index (χ3v) is 6.38. The van der Waals surface area contributed by atoms with Gasteiger partial charge < -0.3 is 4.52 Å². The Hall–Kier alpha value is 0.150. The van der Waals surface area contributed by atoms with E-state index in [4.69, 9.17) is 4.52 Å². The minimum atomic E-state index is -2.70. The van der Waals surface area contributed by atoms with Crippen LogP contribution in [0.5, 0.6) is 0 Å². The molecular formula is C11H24NO2P. The third-order valence-electron chi connectivity index (χ3n) is 2.72. The molecule has 0 N–H and O–H groups in total. The summed E-state index contributed by atoms with van der Waals surface area (Å²) in [6, 6.07) is 0. The molecule has 0 saturated carbocycles. The Morgan fingerprint density at radius 1 is 1.13 bits per heavy atom. The molecule has 1 aliphatic rings. The summed E-state index contributed by atoms with van der Waals surface area (Å²) in [5.74, 6) is 0. The Labute approximate surface area is 93.7 Å². The predicted molar refractivity (Wildman–Crippen MR) is 64.4 cm³/mol. The van der Waals surface area contributed by atoms with Gasteiger partial charge >= 0.3 is 0 Å². The van der Waals surface area contributed by atoms with Crippen molar-refractivity contribution < 1.29 is 9.09 Å². The molecule has 4 heteroatoms. The summed E-state index contributed by atoms with van der Waals surface area (Å²) in [7, 11) is -2.70. The largest absolute Gasteiger partial charge is 0.317 e. The standard InChI is InChI=1S/C11H24NO2P/c1-10(2,3)12-8-7-9-14-15(12,13)11(4,5)6/h7-9H2,1-6H3. The fraction of sp³-hybridized carbons (Fsp3) is 1.00. The van der Waals surface area contributed by atoms with Crippen LogP contribution in [0, 0.1) is 0 Å². The second-order valence-electron chi connectivity index (χ2n) is 6.17. The molecule has 1 aliphatic heterocycles. The topological polar surface area (TPSA) is 29.5 Å². The van der Waals surface area contributed by atoms with Crippen LogP contribution in [-0.2, 0) is 9.09 Å². The maximum absolute atomic E-state index is 12.9. The average Bonchev–Trinajstić information content (AvgIpc) is 2.00. The molecule has 0 aromatic heterocycles. The van der Waals surface area contributed by atoms with E-state index in [2.05, 4.69) is 25.4 Å². The molecule has 1 atom stereocenters. The zero-order chi connectivity index (χ0) is 11.9. The molecule has 3 nitrogen and oxygen atoms in total. The Balaban J connectivity index is 3.08. The van der Waals surface area contributed by atoms with E-state index in [0.29, 0.717) is 6.61 Å². The van der Waals surface area contributed by atoms with E-state index in [0.717, 1.165) is 13.0 Å². The van der Waals surface area contributed by atoms with Gasteiger partial charge in [0.05, 0.1) is 11.8 Å². The monoisotopic (exact) mass is 233 g/mol. The van der Waals surface area contributed by atoms with Gasteiger partial charge in [-0.05, 0) is 48.0 Å². The van der Waals surface area contributed by atoms with Crippen molar-refractivity contribution in [3.05, 3.63) is 0 Å². The average molecular weight is 233 g/mol. The molecule has 1 rings (SSSR count). The minimum absolute atomic E-state index is 0.0940. The van der Waals surface area contributed by atoms with Crippen LogP contribution in [0.15, 0.2) is 0 Å². The highest BCUT2D eigenvalue weighted by molar-refractivity contribution is 7.58. The second kappa shape index (κ2) is 3.87. The fourth-order valence-corrected chi connectivity index (χ4v) is 4.71. The second-order valence-corrected chi connectivity index (χ2v) is 9.30. The molecule has 1 unspecified atom stereocenters. The van der Waals surface area contributed by atoms with Crippen LogP contribution in [0.3, 0.4) is 0 Å². The van der Waals surface area contributed by atoms with Crippen LogP contribution in [-0.4, -0.2) is 28.5 Å². The van der Waals surface area contributed by atoms with Crippen LogP contribution < -0.4 is 0 Å². The van der Waals surface area contributed by atoms with Crippen molar-refractivity contribution >= 4 is 7.52 Å². The van der Waals surface area contributed by atoms with E-state index in [1.807, 2.05) is 20.8 Å². The van der Waals surface area contributed by atoms with Gasteiger partial charge in [-0.2, -0.15) is 0 Å². The Kier molecular flexibility index (Phi) is 3.41. The summed E-state index contributed by atoms with van der Waals surface area (Å²) >= 11 is 0. The van der Waals surface area contributed by atoms with Crippen LogP contribution in [0.4, 0.5) is 0 Å². The molecule has 0 aromatic rings. The quantitative estimate of drug-likeness (QED) is 0.600. The summed E-state index contributed by atoms with van der Waals surface area (Å²) in [6.45, 7) is 13.8. The van der Waals surface area contributed by atoms with Crippen molar-refractivity contribution in [2.45, 2.75) is 58.7 Å². The van der Waals surface area contributed by atoms with E-state index in [9.17, 15) is 4.57 Å². The zero-order valence-corrected chi connectivity index (χ0v) is 11.7. The summed E-state index contributed by atoms with van der Waals surface area (Å²) in [4.78, 5) is 0. The van der Waals surface area contributed by atoms with E-state index >= 15 is 0 Å². The molecule has 0 amide bonds. The highest BCUT2D eigenvalue weighted by Crippen LogP contribution is 2.65. The van der Waals surface area contributed by atoms with E-state index in [1.54, 1.807) is 0 Å². The van der Waals surface area contributed by atoms with Crippen molar-refractivity contribution in [2.75, 3.05) is 13.2 Å². The molecule has 1 saturated heterocycles. The summed E-state index contributed by atoms with van der Waals surface area (Å²) in [6.07, 6.45) is 0.970. The van der Waals surface area contributed by atoms with Crippen LogP contribution in [0.25, 0.3) is 0 Å². The Morgan fingerprint density at radius 2 is 1.67 bits per heavy atom. The van der Waals surface area contributed by atoms with Crippen molar-refractivity contribution in [3.8, 4) is 0 Å². The van der Waals surface area contributed by atoms with Crippen molar-refractivity contribution in [2.24, 2.45) is 0 Å². The molecular weight excluding hydrogens is 209 g/mol. The number of nitrogens with zero attached hydrogens (tertiary/aromatic N) is 1. The van der Waals surface area contributed by atoms with E-state index in [-0.39, 0.29) is 10.7 Å². The molecule has 1 fully saturated rings. The molecule has 90 valence electrons.